The maximum atomic E-state index is 12.2. The minimum absolute atomic E-state index is 0.158. The van der Waals surface area contributed by atoms with Crippen molar-refractivity contribution in [1.82, 2.24) is 0 Å². The number of rotatable bonds is 3. The van der Waals surface area contributed by atoms with E-state index in [1.165, 1.54) is 31.2 Å². The lowest BCUT2D eigenvalue weighted by Crippen LogP contribution is -2.20. The van der Waals surface area contributed by atoms with Gasteiger partial charge in [-0.3, -0.25) is 4.79 Å². The van der Waals surface area contributed by atoms with E-state index in [1.54, 1.807) is 0 Å². The summed E-state index contributed by atoms with van der Waals surface area (Å²) < 4.78 is 0. The van der Waals surface area contributed by atoms with Crippen LogP contribution < -0.4 is 5.32 Å². The van der Waals surface area contributed by atoms with Crippen molar-refractivity contribution < 1.29 is 4.79 Å². The summed E-state index contributed by atoms with van der Waals surface area (Å²) in [5.74, 6) is 2.57. The van der Waals surface area contributed by atoms with Gasteiger partial charge in [-0.05, 0) is 60.1 Å². The van der Waals surface area contributed by atoms with Gasteiger partial charge in [-0.2, -0.15) is 0 Å². The fourth-order valence-corrected chi connectivity index (χ4v) is 4.13. The van der Waals surface area contributed by atoms with Crippen LogP contribution in [0.5, 0.6) is 0 Å². The third kappa shape index (κ3) is 3.30. The van der Waals surface area contributed by atoms with Gasteiger partial charge >= 0.3 is 0 Å². The largest absolute Gasteiger partial charge is 0.326 e. The predicted octanol–water partition coefficient (Wildman–Crippen LogP) is 4.75. The molecule has 2 nitrogen and oxygen atoms in total. The summed E-state index contributed by atoms with van der Waals surface area (Å²) in [6, 6.07) is 8.29. The fourth-order valence-electron chi connectivity index (χ4n) is 4.13. The van der Waals surface area contributed by atoms with Crippen molar-refractivity contribution in [3.8, 4) is 0 Å². The van der Waals surface area contributed by atoms with Crippen molar-refractivity contribution in [3.05, 3.63) is 29.8 Å². The number of hydrogen-bond donors (Lipinski definition) is 1. The zero-order valence-corrected chi connectivity index (χ0v) is 13.5. The molecule has 1 amide bonds. The molecule has 2 aliphatic carbocycles. The van der Waals surface area contributed by atoms with E-state index in [0.29, 0.717) is 12.3 Å². The molecule has 2 bridgehead atoms. The molecule has 2 aliphatic rings. The number of fused-ring (bicyclic) bond motifs is 2. The average molecular weight is 285 g/mol. The van der Waals surface area contributed by atoms with Gasteiger partial charge in [0.05, 0.1) is 0 Å². The number of carbonyl (C=O) groups excluding carboxylic acids is 1. The van der Waals surface area contributed by atoms with Crippen LogP contribution in [0.3, 0.4) is 0 Å². The Kier molecular flexibility index (Phi) is 3.81. The van der Waals surface area contributed by atoms with Gasteiger partial charge in [0.1, 0.15) is 0 Å². The SMILES string of the molecule is CC(C)(C)c1ccc(NC(=O)C[C@@H]2C[C@H]3CC[C@@H]2C3)cc1. The molecule has 0 heterocycles. The number of amides is 1. The maximum Gasteiger partial charge on any atom is 0.224 e. The Hall–Kier alpha value is -1.31. The third-order valence-electron chi connectivity index (χ3n) is 5.37. The zero-order valence-electron chi connectivity index (χ0n) is 13.5. The van der Waals surface area contributed by atoms with Crippen LogP contribution in [-0.2, 0) is 10.2 Å². The van der Waals surface area contributed by atoms with Gasteiger partial charge in [0, 0.05) is 12.1 Å². The topological polar surface area (TPSA) is 29.1 Å². The minimum atomic E-state index is 0.158. The first-order valence-electron chi connectivity index (χ1n) is 8.32. The van der Waals surface area contributed by atoms with E-state index < -0.39 is 0 Å². The highest BCUT2D eigenvalue weighted by molar-refractivity contribution is 5.90. The van der Waals surface area contributed by atoms with Crippen LogP contribution in [0.2, 0.25) is 0 Å². The molecule has 114 valence electrons. The van der Waals surface area contributed by atoms with Gasteiger partial charge in [0.15, 0.2) is 0 Å². The van der Waals surface area contributed by atoms with Crippen molar-refractivity contribution in [1.29, 1.82) is 0 Å². The van der Waals surface area contributed by atoms with Crippen molar-refractivity contribution in [2.45, 2.75) is 58.3 Å². The normalized spacial score (nSPS) is 27.9. The lowest BCUT2D eigenvalue weighted by molar-refractivity contribution is -0.117. The molecular weight excluding hydrogens is 258 g/mol. The Balaban J connectivity index is 1.55. The molecule has 0 unspecified atom stereocenters. The average Bonchev–Trinajstić information content (AvgIpc) is 3.00. The molecule has 2 fully saturated rings. The molecule has 1 aromatic rings. The molecule has 0 radical (unpaired) electrons. The second-order valence-corrected chi connectivity index (χ2v) is 8.01. The van der Waals surface area contributed by atoms with Gasteiger partial charge < -0.3 is 5.32 Å². The number of nitrogens with one attached hydrogen (secondary N) is 1. The van der Waals surface area contributed by atoms with E-state index in [2.05, 4.69) is 38.2 Å². The first kappa shape index (κ1) is 14.6. The van der Waals surface area contributed by atoms with Crippen LogP contribution in [0.4, 0.5) is 5.69 Å². The van der Waals surface area contributed by atoms with E-state index in [9.17, 15) is 4.79 Å². The second-order valence-electron chi connectivity index (χ2n) is 8.01. The molecule has 21 heavy (non-hydrogen) atoms. The van der Waals surface area contributed by atoms with E-state index in [4.69, 9.17) is 0 Å². The van der Waals surface area contributed by atoms with Gasteiger partial charge in [-0.15, -0.1) is 0 Å². The molecule has 3 atom stereocenters. The van der Waals surface area contributed by atoms with Crippen LogP contribution in [0.1, 0.15) is 58.4 Å². The van der Waals surface area contributed by atoms with E-state index >= 15 is 0 Å². The molecule has 0 spiro atoms. The van der Waals surface area contributed by atoms with E-state index in [-0.39, 0.29) is 11.3 Å². The minimum Gasteiger partial charge on any atom is -0.326 e. The third-order valence-corrected chi connectivity index (χ3v) is 5.37. The highest BCUT2D eigenvalue weighted by atomic mass is 16.1. The predicted molar refractivity (Wildman–Crippen MR) is 87.3 cm³/mol. The summed E-state index contributed by atoms with van der Waals surface area (Å²) in [5.41, 5.74) is 2.38. The van der Waals surface area contributed by atoms with Crippen molar-refractivity contribution in [3.63, 3.8) is 0 Å². The molecule has 0 aromatic heterocycles. The summed E-state index contributed by atoms with van der Waals surface area (Å²) in [7, 11) is 0. The van der Waals surface area contributed by atoms with E-state index in [0.717, 1.165) is 17.5 Å². The quantitative estimate of drug-likeness (QED) is 0.853. The lowest BCUT2D eigenvalue weighted by Gasteiger charge is -2.21. The Morgan fingerprint density at radius 2 is 1.86 bits per heavy atom. The molecular formula is C19H27NO. The standard InChI is InChI=1S/C19H27NO/c1-19(2,3)16-6-8-17(9-7-16)20-18(21)12-15-11-13-4-5-14(15)10-13/h6-9,13-15H,4-5,10-12H2,1-3H3,(H,20,21)/t13-,14+,15-/m0/s1. The molecule has 3 rings (SSSR count). The number of carbonyl (C=O) groups is 1. The summed E-state index contributed by atoms with van der Waals surface area (Å²) in [6.07, 6.45) is 6.11. The smallest absolute Gasteiger partial charge is 0.224 e. The molecule has 2 saturated carbocycles. The van der Waals surface area contributed by atoms with Crippen LogP contribution in [0, 0.1) is 17.8 Å². The molecule has 1 aromatic carbocycles. The number of anilines is 1. The summed E-state index contributed by atoms with van der Waals surface area (Å²) in [6.45, 7) is 6.61. The summed E-state index contributed by atoms with van der Waals surface area (Å²) in [5, 5.41) is 3.07. The second kappa shape index (κ2) is 5.47. The first-order valence-corrected chi connectivity index (χ1v) is 8.32. The molecule has 0 aliphatic heterocycles. The molecule has 0 saturated heterocycles. The van der Waals surface area contributed by atoms with E-state index in [1.807, 2.05) is 12.1 Å². The fraction of sp³-hybridized carbons (Fsp3) is 0.632. The van der Waals surface area contributed by atoms with Crippen LogP contribution in [0.15, 0.2) is 24.3 Å². The summed E-state index contributed by atoms with van der Waals surface area (Å²) >= 11 is 0. The lowest BCUT2D eigenvalue weighted by atomic mass is 9.86. The van der Waals surface area contributed by atoms with Gasteiger partial charge in [-0.25, -0.2) is 0 Å². The van der Waals surface area contributed by atoms with Crippen molar-refractivity contribution >= 4 is 11.6 Å². The Labute approximate surface area is 128 Å². The van der Waals surface area contributed by atoms with Gasteiger partial charge in [0.2, 0.25) is 5.91 Å². The molecule has 2 heteroatoms. The maximum absolute atomic E-state index is 12.2. The Morgan fingerprint density at radius 1 is 1.14 bits per heavy atom. The van der Waals surface area contributed by atoms with Crippen LogP contribution in [-0.4, -0.2) is 5.91 Å². The van der Waals surface area contributed by atoms with Gasteiger partial charge in [-0.1, -0.05) is 39.3 Å². The Morgan fingerprint density at radius 3 is 2.38 bits per heavy atom. The van der Waals surface area contributed by atoms with Crippen molar-refractivity contribution in [2.24, 2.45) is 17.8 Å². The van der Waals surface area contributed by atoms with Crippen LogP contribution in [0.25, 0.3) is 0 Å². The molecule has 1 N–H and O–H groups in total. The van der Waals surface area contributed by atoms with Gasteiger partial charge in [0.25, 0.3) is 0 Å². The zero-order chi connectivity index (χ0) is 15.0. The number of hydrogen-bond acceptors (Lipinski definition) is 1. The monoisotopic (exact) mass is 285 g/mol. The highest BCUT2D eigenvalue weighted by Gasteiger charge is 2.40. The summed E-state index contributed by atoms with van der Waals surface area (Å²) in [4.78, 5) is 12.2. The Bertz CT molecular complexity index is 511. The highest BCUT2D eigenvalue weighted by Crippen LogP contribution is 2.49. The van der Waals surface area contributed by atoms with Crippen molar-refractivity contribution in [2.75, 3.05) is 5.32 Å². The first-order chi connectivity index (χ1) is 9.91. The number of benzene rings is 1. The van der Waals surface area contributed by atoms with Crippen LogP contribution >= 0.6 is 0 Å².